The van der Waals surface area contributed by atoms with Crippen LogP contribution in [0.5, 0.6) is 0 Å². The molecule has 0 aromatic heterocycles. The number of nitro groups is 1. The molecular weight excluding hydrogens is 610 g/mol. The van der Waals surface area contributed by atoms with Crippen LogP contribution in [0, 0.1) is 16.0 Å². The summed E-state index contributed by atoms with van der Waals surface area (Å²) in [5.41, 5.74) is 5.46. The van der Waals surface area contributed by atoms with Crippen LogP contribution in [0.1, 0.15) is 41.6 Å². The molecule has 0 spiro atoms. The summed E-state index contributed by atoms with van der Waals surface area (Å²) >= 11 is 0. The van der Waals surface area contributed by atoms with Crippen LogP contribution in [0.4, 0.5) is 21.9 Å². The number of nitro benzene ring substituents is 1. The van der Waals surface area contributed by atoms with Crippen molar-refractivity contribution >= 4 is 23.1 Å². The molecule has 3 N–H and O–H groups in total. The van der Waals surface area contributed by atoms with Gasteiger partial charge in [-0.2, -0.15) is 0 Å². The first-order valence-electron chi connectivity index (χ1n) is 16.3. The Labute approximate surface area is 280 Å². The Balaban J connectivity index is 1.11. The monoisotopic (exact) mass is 651 g/mol. The van der Waals surface area contributed by atoms with Crippen LogP contribution in [-0.4, -0.2) is 59.8 Å². The van der Waals surface area contributed by atoms with Crippen molar-refractivity contribution in [2.24, 2.45) is 5.92 Å². The second-order valence-electron chi connectivity index (χ2n) is 12.3. The number of rotatable bonds is 10. The molecule has 4 atom stereocenters. The second-order valence-corrected chi connectivity index (χ2v) is 12.3. The van der Waals surface area contributed by atoms with Crippen molar-refractivity contribution in [1.82, 2.24) is 10.2 Å². The van der Waals surface area contributed by atoms with E-state index in [4.69, 9.17) is 9.47 Å². The summed E-state index contributed by atoms with van der Waals surface area (Å²) in [6.45, 7) is 6.56. The van der Waals surface area contributed by atoms with Gasteiger partial charge in [0.25, 0.3) is 5.69 Å². The van der Waals surface area contributed by atoms with E-state index in [0.29, 0.717) is 12.2 Å². The molecule has 0 aliphatic carbocycles. The van der Waals surface area contributed by atoms with Gasteiger partial charge in [0.1, 0.15) is 0 Å². The van der Waals surface area contributed by atoms with Gasteiger partial charge in [-0.3, -0.25) is 15.0 Å². The number of aliphatic hydroxyl groups excluding tert-OH is 1. The van der Waals surface area contributed by atoms with Gasteiger partial charge in [0, 0.05) is 74.3 Å². The third-order valence-corrected chi connectivity index (χ3v) is 9.10. The van der Waals surface area contributed by atoms with Crippen molar-refractivity contribution in [3.63, 3.8) is 0 Å². The standard InChI is InChI=1S/C37H41N5O6/c1-26-34(24-40-19-21-41(22-20-40)32-15-17-33(18-16-32)42(45)46)47-36(48-35(26)29-9-7-28(25-43)8-10-29)30-11-13-31(14-12-30)39-37(44)38-23-27-5-3-2-4-6-27/h2-18,26,34-36,43H,19-25H2,1H3,(H2,38,39,44)/t26-,34+,35+,36+/m0/s1. The van der Waals surface area contributed by atoms with E-state index < -0.39 is 6.29 Å². The molecule has 4 aromatic rings. The summed E-state index contributed by atoms with van der Waals surface area (Å²) in [6.07, 6.45) is -0.973. The molecule has 2 aliphatic heterocycles. The molecule has 2 amide bonds. The summed E-state index contributed by atoms with van der Waals surface area (Å²) in [5.74, 6) is 0.0446. The Morgan fingerprint density at radius 3 is 2.17 bits per heavy atom. The number of anilines is 2. The fourth-order valence-corrected chi connectivity index (χ4v) is 6.23. The minimum atomic E-state index is -0.615. The van der Waals surface area contributed by atoms with Gasteiger partial charge in [-0.25, -0.2) is 4.79 Å². The lowest BCUT2D eigenvalue weighted by Gasteiger charge is -2.44. The van der Waals surface area contributed by atoms with E-state index in [9.17, 15) is 20.0 Å². The van der Waals surface area contributed by atoms with Gasteiger partial charge in [-0.15, -0.1) is 0 Å². The highest BCUT2D eigenvalue weighted by Gasteiger charge is 2.39. The molecule has 11 nitrogen and oxygen atoms in total. The smallest absolute Gasteiger partial charge is 0.319 e. The number of carbonyl (C=O) groups excluding carboxylic acids is 1. The molecule has 2 aliphatic rings. The highest BCUT2D eigenvalue weighted by atomic mass is 16.7. The first kappa shape index (κ1) is 33.1. The zero-order valence-corrected chi connectivity index (χ0v) is 26.9. The fourth-order valence-electron chi connectivity index (χ4n) is 6.23. The van der Waals surface area contributed by atoms with E-state index in [0.717, 1.165) is 60.7 Å². The molecule has 0 bridgehead atoms. The van der Waals surface area contributed by atoms with Gasteiger partial charge in [0.05, 0.1) is 23.7 Å². The zero-order valence-electron chi connectivity index (χ0n) is 26.9. The molecule has 2 saturated heterocycles. The summed E-state index contributed by atoms with van der Waals surface area (Å²) < 4.78 is 13.3. The lowest BCUT2D eigenvalue weighted by Crippen LogP contribution is -2.51. The van der Waals surface area contributed by atoms with E-state index in [1.165, 1.54) is 0 Å². The molecular formula is C37H41N5O6. The molecule has 0 unspecified atom stereocenters. The number of nitrogens with zero attached hydrogens (tertiary/aromatic N) is 3. The molecule has 4 aromatic carbocycles. The van der Waals surface area contributed by atoms with Crippen LogP contribution in [0.3, 0.4) is 0 Å². The topological polar surface area (TPSA) is 129 Å². The number of carbonyl (C=O) groups is 1. The molecule has 250 valence electrons. The van der Waals surface area contributed by atoms with Crippen molar-refractivity contribution in [3.05, 3.63) is 135 Å². The van der Waals surface area contributed by atoms with Crippen LogP contribution in [0.25, 0.3) is 0 Å². The number of benzene rings is 4. The number of nitrogens with one attached hydrogen (secondary N) is 2. The predicted molar refractivity (Wildman–Crippen MR) is 183 cm³/mol. The summed E-state index contributed by atoms with van der Waals surface area (Å²) in [7, 11) is 0. The average molecular weight is 652 g/mol. The second kappa shape index (κ2) is 15.4. The molecule has 2 heterocycles. The number of amides is 2. The van der Waals surface area contributed by atoms with Crippen molar-refractivity contribution < 1.29 is 24.3 Å². The molecule has 48 heavy (non-hydrogen) atoms. The maximum atomic E-state index is 12.5. The molecule has 11 heteroatoms. The number of ether oxygens (including phenoxy) is 2. The van der Waals surface area contributed by atoms with Crippen molar-refractivity contribution in [3.8, 4) is 0 Å². The van der Waals surface area contributed by atoms with E-state index >= 15 is 0 Å². The third-order valence-electron chi connectivity index (χ3n) is 9.10. The first-order valence-corrected chi connectivity index (χ1v) is 16.3. The summed E-state index contributed by atoms with van der Waals surface area (Å²) in [4.78, 5) is 27.8. The minimum absolute atomic E-state index is 0.0216. The van der Waals surface area contributed by atoms with Gasteiger partial charge in [0.2, 0.25) is 0 Å². The van der Waals surface area contributed by atoms with Gasteiger partial charge in [-0.1, -0.05) is 73.7 Å². The van der Waals surface area contributed by atoms with Crippen LogP contribution < -0.4 is 15.5 Å². The summed E-state index contributed by atoms with van der Waals surface area (Å²) in [6, 6.07) is 31.6. The number of urea groups is 1. The van der Waals surface area contributed by atoms with Crippen LogP contribution >= 0.6 is 0 Å². The van der Waals surface area contributed by atoms with E-state index in [1.54, 1.807) is 12.1 Å². The Hall–Kier alpha value is -4.81. The lowest BCUT2D eigenvalue weighted by atomic mass is 9.90. The van der Waals surface area contributed by atoms with Gasteiger partial charge >= 0.3 is 6.03 Å². The normalized spacial score (nSPS) is 21.4. The first-order chi connectivity index (χ1) is 23.4. The largest absolute Gasteiger partial charge is 0.392 e. The van der Waals surface area contributed by atoms with Gasteiger partial charge in [-0.05, 0) is 41.0 Å². The summed E-state index contributed by atoms with van der Waals surface area (Å²) in [5, 5.41) is 26.4. The SMILES string of the molecule is C[C@H]1[C@@H](CN2CCN(c3ccc([N+](=O)[O-])cc3)CC2)O[C@@H](c2ccc(NC(=O)NCc3ccccc3)cc2)O[C@H]1c1ccc(CO)cc1. The molecule has 0 saturated carbocycles. The highest BCUT2D eigenvalue weighted by Crippen LogP contribution is 2.42. The van der Waals surface area contributed by atoms with Crippen molar-refractivity contribution in [2.75, 3.05) is 42.9 Å². The number of piperazine rings is 1. The third kappa shape index (κ3) is 8.18. The Morgan fingerprint density at radius 1 is 0.854 bits per heavy atom. The van der Waals surface area contributed by atoms with Crippen LogP contribution in [0.2, 0.25) is 0 Å². The maximum absolute atomic E-state index is 12.5. The van der Waals surface area contributed by atoms with Crippen LogP contribution in [0.15, 0.2) is 103 Å². The number of hydrogen-bond acceptors (Lipinski definition) is 8. The fraction of sp³-hybridized carbons (Fsp3) is 0.324. The lowest BCUT2D eigenvalue weighted by molar-refractivity contribution is -0.384. The van der Waals surface area contributed by atoms with E-state index in [1.807, 2.05) is 91.0 Å². The van der Waals surface area contributed by atoms with Crippen molar-refractivity contribution in [1.29, 1.82) is 0 Å². The van der Waals surface area contributed by atoms with Gasteiger partial charge in [0.15, 0.2) is 6.29 Å². The van der Waals surface area contributed by atoms with E-state index in [-0.39, 0.29) is 41.4 Å². The Kier molecular flexibility index (Phi) is 10.6. The maximum Gasteiger partial charge on any atom is 0.319 e. The highest BCUT2D eigenvalue weighted by molar-refractivity contribution is 5.89. The molecule has 2 fully saturated rings. The van der Waals surface area contributed by atoms with E-state index in [2.05, 4.69) is 27.4 Å². The molecule has 6 rings (SSSR count). The Bertz CT molecular complexity index is 1640. The Morgan fingerprint density at radius 2 is 1.52 bits per heavy atom. The van der Waals surface area contributed by atoms with Gasteiger partial charge < -0.3 is 30.1 Å². The molecule has 0 radical (unpaired) electrons. The predicted octanol–water partition coefficient (Wildman–Crippen LogP) is 6.02. The number of aliphatic hydroxyl groups is 1. The van der Waals surface area contributed by atoms with Crippen LogP contribution in [-0.2, 0) is 22.6 Å². The number of hydrogen-bond donors (Lipinski definition) is 3. The number of non-ortho nitro benzene ring substituents is 1. The minimum Gasteiger partial charge on any atom is -0.392 e. The zero-order chi connectivity index (χ0) is 33.5. The quantitative estimate of drug-likeness (QED) is 0.140. The van der Waals surface area contributed by atoms with Crippen molar-refractivity contribution in [2.45, 2.75) is 38.6 Å². The average Bonchev–Trinajstić information content (AvgIpc) is 3.13.